The molecule has 2 aromatic heterocycles. The van der Waals surface area contributed by atoms with Crippen molar-refractivity contribution in [3.63, 3.8) is 0 Å². The fourth-order valence-electron chi connectivity index (χ4n) is 4.19. The summed E-state index contributed by atoms with van der Waals surface area (Å²) >= 11 is 1.84. The number of urea groups is 1. The van der Waals surface area contributed by atoms with Crippen LogP contribution in [0.1, 0.15) is 31.3 Å². The molecule has 1 aliphatic rings. The fraction of sp³-hybridized carbons (Fsp3) is 0.360. The monoisotopic (exact) mass is 494 g/mol. The second-order valence-electron chi connectivity index (χ2n) is 8.83. The molecule has 0 atom stereocenters. The number of carbonyl (C=O) groups excluding carboxylic acids is 1. The molecule has 0 aliphatic carbocycles. The Kier molecular flexibility index (Phi) is 6.46. The molecule has 8 nitrogen and oxygen atoms in total. The molecule has 1 aliphatic heterocycles. The van der Waals surface area contributed by atoms with Crippen molar-refractivity contribution in [3.8, 4) is 11.5 Å². The number of thioether (sulfide) groups is 1. The first kappa shape index (κ1) is 23.3. The molecule has 1 saturated heterocycles. The zero-order chi connectivity index (χ0) is 24.5. The number of fused-ring (bicyclic) bond motifs is 1. The van der Waals surface area contributed by atoms with Crippen LogP contribution in [0.3, 0.4) is 0 Å². The van der Waals surface area contributed by atoms with Gasteiger partial charge in [-0.1, -0.05) is 6.07 Å². The average Bonchev–Trinajstić information content (AvgIpc) is 3.49. The van der Waals surface area contributed by atoms with Gasteiger partial charge in [0.1, 0.15) is 5.82 Å². The van der Waals surface area contributed by atoms with Crippen LogP contribution in [0, 0.1) is 12.7 Å². The van der Waals surface area contributed by atoms with E-state index in [0.29, 0.717) is 35.8 Å². The number of rotatable bonds is 5. The minimum Gasteiger partial charge on any atom is -0.421 e. The van der Waals surface area contributed by atoms with Crippen LogP contribution in [0.5, 0.6) is 0 Å². The minimum atomic E-state index is -0.432. The van der Waals surface area contributed by atoms with E-state index in [9.17, 15) is 4.79 Å². The number of hydrogen-bond donors (Lipinski definition) is 0. The van der Waals surface area contributed by atoms with Crippen molar-refractivity contribution in [2.75, 3.05) is 29.5 Å². The van der Waals surface area contributed by atoms with Crippen LogP contribution < -0.4 is 4.90 Å². The largest absolute Gasteiger partial charge is 0.421 e. The SMILES string of the molecule is Cc1nnc(-c2ccc(CN(C(=O)N3CCSCC3)c3ccc4cnn(C(C)C)c4c3)c(F)c2)o1. The normalized spacial score (nSPS) is 14.1. The van der Waals surface area contributed by atoms with E-state index in [1.807, 2.05) is 45.7 Å². The lowest BCUT2D eigenvalue weighted by molar-refractivity contribution is 0.209. The Hall–Kier alpha value is -3.40. The van der Waals surface area contributed by atoms with Gasteiger partial charge in [-0.3, -0.25) is 9.58 Å². The zero-order valence-electron chi connectivity index (χ0n) is 19.9. The topological polar surface area (TPSA) is 80.3 Å². The number of aromatic nitrogens is 4. The lowest BCUT2D eigenvalue weighted by Gasteiger charge is -2.33. The number of nitrogens with zero attached hydrogens (tertiary/aromatic N) is 6. The van der Waals surface area contributed by atoms with Crippen molar-refractivity contribution in [2.45, 2.75) is 33.4 Å². The van der Waals surface area contributed by atoms with Gasteiger partial charge in [0.25, 0.3) is 0 Å². The highest BCUT2D eigenvalue weighted by molar-refractivity contribution is 7.99. The third-order valence-corrected chi connectivity index (χ3v) is 6.99. The Morgan fingerprint density at radius 2 is 1.97 bits per heavy atom. The van der Waals surface area contributed by atoms with E-state index >= 15 is 4.39 Å². The van der Waals surface area contributed by atoms with Gasteiger partial charge in [-0.25, -0.2) is 9.18 Å². The van der Waals surface area contributed by atoms with Gasteiger partial charge < -0.3 is 9.32 Å². The number of aryl methyl sites for hydroxylation is 1. The van der Waals surface area contributed by atoms with E-state index in [0.717, 1.165) is 22.4 Å². The highest BCUT2D eigenvalue weighted by Gasteiger charge is 2.26. The molecule has 0 saturated carbocycles. The summed E-state index contributed by atoms with van der Waals surface area (Å²) < 4.78 is 22.6. The quantitative estimate of drug-likeness (QED) is 0.375. The van der Waals surface area contributed by atoms with Crippen LogP contribution in [-0.2, 0) is 6.54 Å². The predicted molar refractivity (Wildman–Crippen MR) is 135 cm³/mol. The van der Waals surface area contributed by atoms with Gasteiger partial charge in [-0.2, -0.15) is 16.9 Å². The maximum absolute atomic E-state index is 15.2. The second-order valence-corrected chi connectivity index (χ2v) is 10.1. The molecule has 3 heterocycles. The van der Waals surface area contributed by atoms with E-state index in [-0.39, 0.29) is 24.5 Å². The summed E-state index contributed by atoms with van der Waals surface area (Å²) in [7, 11) is 0. The maximum atomic E-state index is 15.2. The molecule has 0 spiro atoms. The van der Waals surface area contributed by atoms with Crippen molar-refractivity contribution in [2.24, 2.45) is 0 Å². The van der Waals surface area contributed by atoms with Gasteiger partial charge >= 0.3 is 6.03 Å². The summed E-state index contributed by atoms with van der Waals surface area (Å²) in [6, 6.07) is 10.7. The van der Waals surface area contributed by atoms with Crippen LogP contribution in [0.15, 0.2) is 47.0 Å². The molecule has 2 amide bonds. The van der Waals surface area contributed by atoms with Crippen LogP contribution in [-0.4, -0.2) is 55.5 Å². The Morgan fingerprint density at radius 1 is 1.17 bits per heavy atom. The van der Waals surface area contributed by atoms with Crippen molar-refractivity contribution in [1.82, 2.24) is 24.9 Å². The van der Waals surface area contributed by atoms with Crippen molar-refractivity contribution >= 4 is 34.4 Å². The number of hydrogen-bond acceptors (Lipinski definition) is 6. The zero-order valence-corrected chi connectivity index (χ0v) is 20.8. The van der Waals surface area contributed by atoms with E-state index in [1.54, 1.807) is 24.0 Å². The molecule has 0 unspecified atom stereocenters. The molecule has 0 bridgehead atoms. The number of benzene rings is 2. The molecular weight excluding hydrogens is 467 g/mol. The van der Waals surface area contributed by atoms with Gasteiger partial charge in [-0.05, 0) is 44.2 Å². The highest BCUT2D eigenvalue weighted by atomic mass is 32.2. The van der Waals surface area contributed by atoms with Gasteiger partial charge in [0.15, 0.2) is 0 Å². The number of carbonyl (C=O) groups is 1. The van der Waals surface area contributed by atoms with Gasteiger partial charge in [-0.15, -0.1) is 10.2 Å². The third-order valence-electron chi connectivity index (χ3n) is 6.05. The minimum absolute atomic E-state index is 0.0960. The average molecular weight is 495 g/mol. The van der Waals surface area contributed by atoms with Crippen LogP contribution in [0.2, 0.25) is 0 Å². The number of amides is 2. The Morgan fingerprint density at radius 3 is 2.66 bits per heavy atom. The standard InChI is InChI=1S/C25H27FN6O2S/c1-16(2)32-23-13-21(7-6-19(23)14-27-32)31(25(33)30-8-10-35-11-9-30)15-20-5-4-18(12-22(20)26)24-29-28-17(3)34-24/h4-7,12-14,16H,8-11,15H2,1-3H3. The van der Waals surface area contributed by atoms with E-state index in [1.165, 1.54) is 6.07 Å². The summed E-state index contributed by atoms with van der Waals surface area (Å²) in [6.07, 6.45) is 1.82. The first-order chi connectivity index (χ1) is 16.9. The molecular formula is C25H27FN6O2S. The smallest absolute Gasteiger partial charge is 0.324 e. The summed E-state index contributed by atoms with van der Waals surface area (Å²) in [6.45, 7) is 7.25. The van der Waals surface area contributed by atoms with Crippen LogP contribution >= 0.6 is 11.8 Å². The van der Waals surface area contributed by atoms with Crippen molar-refractivity contribution in [3.05, 3.63) is 59.9 Å². The molecule has 4 aromatic rings. The van der Waals surface area contributed by atoms with Crippen LogP contribution in [0.4, 0.5) is 14.9 Å². The molecule has 2 aromatic carbocycles. The maximum Gasteiger partial charge on any atom is 0.324 e. The number of halogens is 1. The Bertz CT molecular complexity index is 1360. The Balaban J connectivity index is 1.51. The second kappa shape index (κ2) is 9.69. The lowest BCUT2D eigenvalue weighted by Crippen LogP contribution is -2.46. The van der Waals surface area contributed by atoms with E-state index in [2.05, 4.69) is 29.1 Å². The highest BCUT2D eigenvalue weighted by Crippen LogP contribution is 2.28. The molecule has 35 heavy (non-hydrogen) atoms. The summed E-state index contributed by atoms with van der Waals surface area (Å²) in [5.41, 5.74) is 2.55. The first-order valence-electron chi connectivity index (χ1n) is 11.6. The van der Waals surface area contributed by atoms with Crippen molar-refractivity contribution in [1.29, 1.82) is 0 Å². The fourth-order valence-corrected chi connectivity index (χ4v) is 5.10. The van der Waals surface area contributed by atoms with E-state index in [4.69, 9.17) is 4.42 Å². The summed E-state index contributed by atoms with van der Waals surface area (Å²) in [5.74, 6) is 2.03. The molecule has 1 fully saturated rings. The van der Waals surface area contributed by atoms with Gasteiger partial charge in [0.05, 0.1) is 18.3 Å². The molecule has 182 valence electrons. The first-order valence-corrected chi connectivity index (χ1v) is 12.8. The third kappa shape index (κ3) is 4.75. The molecule has 5 rings (SSSR count). The summed E-state index contributed by atoms with van der Waals surface area (Å²) in [5, 5.41) is 13.3. The molecule has 10 heteroatoms. The Labute approximate surface area is 207 Å². The number of anilines is 1. The van der Waals surface area contributed by atoms with Crippen LogP contribution in [0.25, 0.3) is 22.4 Å². The van der Waals surface area contributed by atoms with Crippen molar-refractivity contribution < 1.29 is 13.6 Å². The van der Waals surface area contributed by atoms with Gasteiger partial charge in [0, 0.05) is 59.8 Å². The van der Waals surface area contributed by atoms with E-state index < -0.39 is 5.82 Å². The summed E-state index contributed by atoms with van der Waals surface area (Å²) in [4.78, 5) is 17.2. The predicted octanol–water partition coefficient (Wildman–Crippen LogP) is 5.29. The van der Waals surface area contributed by atoms with Gasteiger partial charge in [0.2, 0.25) is 11.8 Å². The molecule has 0 radical (unpaired) electrons. The molecule has 0 N–H and O–H groups in total. The lowest BCUT2D eigenvalue weighted by atomic mass is 10.1.